The van der Waals surface area contributed by atoms with Crippen LogP contribution in [0, 0.1) is 5.82 Å². The Balaban J connectivity index is 2.41. The van der Waals surface area contributed by atoms with Gasteiger partial charge in [0.2, 0.25) is 0 Å². The fourth-order valence-corrected chi connectivity index (χ4v) is 1.48. The summed E-state index contributed by atoms with van der Waals surface area (Å²) in [4.78, 5) is 15.3. The van der Waals surface area contributed by atoms with Crippen molar-refractivity contribution in [2.45, 2.75) is 0 Å². The molecule has 1 aromatic carbocycles. The average Bonchev–Trinajstić information content (AvgIpc) is 2.39. The monoisotopic (exact) mass is 231 g/mol. The summed E-state index contributed by atoms with van der Waals surface area (Å²) in [5.41, 5.74) is 1.20. The van der Waals surface area contributed by atoms with E-state index in [0.29, 0.717) is 11.3 Å². The summed E-state index contributed by atoms with van der Waals surface area (Å²) in [6, 6.07) is 9.67. The molecular formula is C13H10FNO2. The first-order chi connectivity index (χ1) is 8.22. The number of rotatable bonds is 2. The molecule has 0 bridgehead atoms. The molecule has 0 aliphatic rings. The van der Waals surface area contributed by atoms with Crippen molar-refractivity contribution < 1.29 is 13.9 Å². The Morgan fingerprint density at radius 2 is 2.12 bits per heavy atom. The summed E-state index contributed by atoms with van der Waals surface area (Å²) >= 11 is 0. The second kappa shape index (κ2) is 4.74. The largest absolute Gasteiger partial charge is 0.465 e. The normalized spacial score (nSPS) is 10.0. The van der Waals surface area contributed by atoms with Crippen molar-refractivity contribution >= 4 is 5.97 Å². The second-order valence-corrected chi connectivity index (χ2v) is 3.40. The molecule has 2 aromatic rings. The second-order valence-electron chi connectivity index (χ2n) is 3.40. The van der Waals surface area contributed by atoms with Crippen molar-refractivity contribution in [1.82, 2.24) is 4.98 Å². The molecule has 86 valence electrons. The molecule has 0 atom stereocenters. The number of methoxy groups -OCH3 is 1. The van der Waals surface area contributed by atoms with Crippen LogP contribution < -0.4 is 0 Å². The maximum atomic E-state index is 13.6. The van der Waals surface area contributed by atoms with Gasteiger partial charge in [-0.3, -0.25) is 4.98 Å². The maximum Gasteiger partial charge on any atom is 0.340 e. The lowest BCUT2D eigenvalue weighted by molar-refractivity contribution is 0.0595. The molecule has 17 heavy (non-hydrogen) atoms. The average molecular weight is 231 g/mol. The summed E-state index contributed by atoms with van der Waals surface area (Å²) in [7, 11) is 1.22. The van der Waals surface area contributed by atoms with Gasteiger partial charge in [0.05, 0.1) is 18.4 Å². The zero-order chi connectivity index (χ0) is 12.3. The van der Waals surface area contributed by atoms with Crippen LogP contribution in [0.25, 0.3) is 11.3 Å². The third kappa shape index (κ3) is 2.30. The smallest absolute Gasteiger partial charge is 0.340 e. The lowest BCUT2D eigenvalue weighted by atomic mass is 10.1. The predicted molar refractivity (Wildman–Crippen MR) is 61.0 cm³/mol. The summed E-state index contributed by atoms with van der Waals surface area (Å²) in [5.74, 6) is -1.30. The number of carbonyl (C=O) groups excluding carboxylic acids is 1. The van der Waals surface area contributed by atoms with Crippen LogP contribution in [0.3, 0.4) is 0 Å². The highest BCUT2D eigenvalue weighted by molar-refractivity contribution is 5.90. The van der Waals surface area contributed by atoms with Gasteiger partial charge in [0.25, 0.3) is 0 Å². The molecule has 1 aromatic heterocycles. The van der Waals surface area contributed by atoms with E-state index in [9.17, 15) is 9.18 Å². The molecule has 0 saturated heterocycles. The Labute approximate surface area is 97.9 Å². The number of hydrogen-bond donors (Lipinski definition) is 0. The quantitative estimate of drug-likeness (QED) is 0.746. The van der Waals surface area contributed by atoms with Crippen LogP contribution in [-0.4, -0.2) is 18.1 Å². The highest BCUT2D eigenvalue weighted by Gasteiger charge is 2.12. The topological polar surface area (TPSA) is 39.2 Å². The van der Waals surface area contributed by atoms with Gasteiger partial charge in [-0.2, -0.15) is 0 Å². The molecule has 0 fully saturated rings. The van der Waals surface area contributed by atoms with Crippen LogP contribution in [0.5, 0.6) is 0 Å². The molecule has 0 spiro atoms. The first kappa shape index (κ1) is 11.3. The third-order valence-electron chi connectivity index (χ3n) is 2.34. The van der Waals surface area contributed by atoms with Gasteiger partial charge in [0.1, 0.15) is 5.82 Å². The van der Waals surface area contributed by atoms with Crippen LogP contribution in [0.15, 0.2) is 42.6 Å². The number of ether oxygens (including phenoxy) is 1. The molecule has 2 rings (SSSR count). The molecule has 4 heteroatoms. The zero-order valence-electron chi connectivity index (χ0n) is 9.18. The van der Waals surface area contributed by atoms with Crippen molar-refractivity contribution in [3.05, 3.63) is 54.0 Å². The van der Waals surface area contributed by atoms with E-state index in [-0.39, 0.29) is 5.56 Å². The molecule has 0 saturated carbocycles. The van der Waals surface area contributed by atoms with Crippen LogP contribution in [0.4, 0.5) is 4.39 Å². The van der Waals surface area contributed by atoms with Gasteiger partial charge in [0, 0.05) is 11.8 Å². The SMILES string of the molecule is COC(=O)c1ccc(-c2ccccn2)cc1F. The number of hydrogen-bond acceptors (Lipinski definition) is 3. The number of esters is 1. The van der Waals surface area contributed by atoms with Crippen LogP contribution >= 0.6 is 0 Å². The minimum atomic E-state index is -0.685. The van der Waals surface area contributed by atoms with E-state index >= 15 is 0 Å². The van der Waals surface area contributed by atoms with Gasteiger partial charge in [-0.15, -0.1) is 0 Å². The molecule has 0 N–H and O–H groups in total. The Hall–Kier alpha value is -2.23. The molecule has 1 heterocycles. The molecule has 0 aliphatic heterocycles. The van der Waals surface area contributed by atoms with Crippen molar-refractivity contribution in [3.63, 3.8) is 0 Å². The fraction of sp³-hybridized carbons (Fsp3) is 0.0769. The highest BCUT2D eigenvalue weighted by Crippen LogP contribution is 2.20. The number of aromatic nitrogens is 1. The zero-order valence-corrected chi connectivity index (χ0v) is 9.18. The van der Waals surface area contributed by atoms with Gasteiger partial charge in [-0.25, -0.2) is 9.18 Å². The van der Waals surface area contributed by atoms with Crippen molar-refractivity contribution in [1.29, 1.82) is 0 Å². The number of benzene rings is 1. The number of nitrogens with zero attached hydrogens (tertiary/aromatic N) is 1. The minimum absolute atomic E-state index is 0.0767. The first-order valence-corrected chi connectivity index (χ1v) is 5.01. The van der Waals surface area contributed by atoms with E-state index < -0.39 is 11.8 Å². The Bertz CT molecular complexity index is 540. The van der Waals surface area contributed by atoms with Crippen molar-refractivity contribution in [3.8, 4) is 11.3 Å². The van der Waals surface area contributed by atoms with E-state index in [4.69, 9.17) is 0 Å². The van der Waals surface area contributed by atoms with Crippen LogP contribution in [0.2, 0.25) is 0 Å². The lowest BCUT2D eigenvalue weighted by Crippen LogP contribution is -2.04. The lowest BCUT2D eigenvalue weighted by Gasteiger charge is -2.04. The maximum absolute atomic E-state index is 13.6. The van der Waals surface area contributed by atoms with Gasteiger partial charge < -0.3 is 4.74 Å². The van der Waals surface area contributed by atoms with E-state index in [1.165, 1.54) is 19.2 Å². The molecule has 0 amide bonds. The predicted octanol–water partition coefficient (Wildman–Crippen LogP) is 2.67. The van der Waals surface area contributed by atoms with E-state index in [0.717, 1.165) is 0 Å². The minimum Gasteiger partial charge on any atom is -0.465 e. The van der Waals surface area contributed by atoms with E-state index in [1.807, 2.05) is 6.07 Å². The standard InChI is InChI=1S/C13H10FNO2/c1-17-13(16)10-6-5-9(8-11(10)14)12-4-2-3-7-15-12/h2-8H,1H3. The third-order valence-corrected chi connectivity index (χ3v) is 2.34. The van der Waals surface area contributed by atoms with Gasteiger partial charge in [0.15, 0.2) is 0 Å². The molecule has 0 aliphatic carbocycles. The molecular weight excluding hydrogens is 221 g/mol. The van der Waals surface area contributed by atoms with Crippen molar-refractivity contribution in [2.75, 3.05) is 7.11 Å². The highest BCUT2D eigenvalue weighted by atomic mass is 19.1. The summed E-state index contributed by atoms with van der Waals surface area (Å²) < 4.78 is 18.1. The van der Waals surface area contributed by atoms with E-state index in [1.54, 1.807) is 24.4 Å². The molecule has 0 radical (unpaired) electrons. The summed E-state index contributed by atoms with van der Waals surface area (Å²) in [6.07, 6.45) is 1.63. The summed E-state index contributed by atoms with van der Waals surface area (Å²) in [6.45, 7) is 0. The van der Waals surface area contributed by atoms with Gasteiger partial charge >= 0.3 is 5.97 Å². The number of halogens is 1. The number of carbonyl (C=O) groups is 1. The summed E-state index contributed by atoms with van der Waals surface area (Å²) in [5, 5.41) is 0. The van der Waals surface area contributed by atoms with Crippen molar-refractivity contribution in [2.24, 2.45) is 0 Å². The molecule has 0 unspecified atom stereocenters. The van der Waals surface area contributed by atoms with Crippen LogP contribution in [-0.2, 0) is 4.74 Å². The Morgan fingerprint density at radius 1 is 1.29 bits per heavy atom. The van der Waals surface area contributed by atoms with Gasteiger partial charge in [-0.1, -0.05) is 12.1 Å². The Morgan fingerprint density at radius 3 is 2.71 bits per heavy atom. The Kier molecular flexibility index (Phi) is 3.14. The van der Waals surface area contributed by atoms with Gasteiger partial charge in [-0.05, 0) is 24.3 Å². The first-order valence-electron chi connectivity index (χ1n) is 5.01. The molecule has 3 nitrogen and oxygen atoms in total. The number of pyridine rings is 1. The fourth-order valence-electron chi connectivity index (χ4n) is 1.48. The van der Waals surface area contributed by atoms with Crippen LogP contribution in [0.1, 0.15) is 10.4 Å². The van der Waals surface area contributed by atoms with E-state index in [2.05, 4.69) is 9.72 Å².